The summed E-state index contributed by atoms with van der Waals surface area (Å²) in [5, 5.41) is 6.29. The number of hydrogen-bond acceptors (Lipinski definition) is 4. The Kier molecular flexibility index (Phi) is 5.44. The average molecular weight is 395 g/mol. The number of hydrazone groups is 1. The highest BCUT2D eigenvalue weighted by Crippen LogP contribution is 2.35. The Bertz CT molecular complexity index is 955. The van der Waals surface area contributed by atoms with E-state index in [9.17, 15) is 4.79 Å². The quantitative estimate of drug-likeness (QED) is 0.742. The lowest BCUT2D eigenvalue weighted by molar-refractivity contribution is 0.0753. The van der Waals surface area contributed by atoms with Gasteiger partial charge in [-0.2, -0.15) is 5.10 Å². The summed E-state index contributed by atoms with van der Waals surface area (Å²) in [5.41, 5.74) is 3.27. The van der Waals surface area contributed by atoms with Crippen LogP contribution in [-0.4, -0.2) is 37.4 Å². The zero-order valence-corrected chi connectivity index (χ0v) is 18.4. The second-order valence-electron chi connectivity index (χ2n) is 9.10. The number of rotatable bonds is 4. The molecular weight excluding hydrogens is 364 g/mol. The zero-order valence-electron chi connectivity index (χ0n) is 18.4. The van der Waals surface area contributed by atoms with E-state index in [-0.39, 0.29) is 16.7 Å². The van der Waals surface area contributed by atoms with Crippen LogP contribution in [0.5, 0.6) is 11.5 Å². The molecule has 1 amide bonds. The molecule has 0 aliphatic carbocycles. The third kappa shape index (κ3) is 4.14. The van der Waals surface area contributed by atoms with Crippen LogP contribution >= 0.6 is 0 Å². The van der Waals surface area contributed by atoms with Gasteiger partial charge < -0.3 is 9.47 Å². The standard InChI is InChI=1S/C24H30N2O3/c1-23(2,3)18-10-8-9-17(13-18)22(27)26-15-24(4,5)21(25-26)16-11-12-19(28-6)20(14-16)29-7/h8-14H,15H2,1-7H3. The van der Waals surface area contributed by atoms with Crippen LogP contribution < -0.4 is 9.47 Å². The summed E-state index contributed by atoms with van der Waals surface area (Å²) in [4.78, 5) is 13.2. The van der Waals surface area contributed by atoms with Crippen molar-refractivity contribution >= 4 is 11.6 Å². The average Bonchev–Trinajstić information content (AvgIpc) is 3.01. The van der Waals surface area contributed by atoms with E-state index in [0.29, 0.717) is 23.6 Å². The number of methoxy groups -OCH3 is 2. The third-order valence-corrected chi connectivity index (χ3v) is 5.27. The second kappa shape index (κ2) is 7.54. The SMILES string of the molecule is COc1ccc(C2=NN(C(=O)c3cccc(C(C)(C)C)c3)CC2(C)C)cc1OC. The number of carbonyl (C=O) groups is 1. The maximum Gasteiger partial charge on any atom is 0.274 e. The molecule has 0 saturated heterocycles. The van der Waals surface area contributed by atoms with Crippen molar-refractivity contribution in [1.82, 2.24) is 5.01 Å². The molecule has 0 atom stereocenters. The molecule has 2 aromatic rings. The summed E-state index contributed by atoms with van der Waals surface area (Å²) in [5.74, 6) is 1.23. The van der Waals surface area contributed by atoms with Gasteiger partial charge >= 0.3 is 0 Å². The van der Waals surface area contributed by atoms with E-state index >= 15 is 0 Å². The van der Waals surface area contributed by atoms with E-state index in [1.165, 1.54) is 0 Å². The second-order valence-corrected chi connectivity index (χ2v) is 9.10. The molecule has 0 spiro atoms. The van der Waals surface area contributed by atoms with Crippen molar-refractivity contribution in [2.45, 2.75) is 40.0 Å². The molecule has 1 heterocycles. The van der Waals surface area contributed by atoms with Crippen LogP contribution in [0, 0.1) is 5.41 Å². The molecule has 29 heavy (non-hydrogen) atoms. The molecular formula is C24H30N2O3. The first-order valence-corrected chi connectivity index (χ1v) is 9.81. The molecule has 2 aromatic carbocycles. The van der Waals surface area contributed by atoms with Gasteiger partial charge in [0.25, 0.3) is 5.91 Å². The van der Waals surface area contributed by atoms with Crippen LogP contribution in [0.25, 0.3) is 0 Å². The van der Waals surface area contributed by atoms with Crippen molar-refractivity contribution in [3.05, 3.63) is 59.2 Å². The third-order valence-electron chi connectivity index (χ3n) is 5.27. The van der Waals surface area contributed by atoms with Gasteiger partial charge in [0.05, 0.1) is 26.5 Å². The molecule has 154 valence electrons. The molecule has 1 aliphatic rings. The Balaban J connectivity index is 1.95. The van der Waals surface area contributed by atoms with E-state index in [0.717, 1.165) is 16.8 Å². The minimum absolute atomic E-state index is 0.0192. The molecule has 3 rings (SSSR count). The Morgan fingerprint density at radius 2 is 1.72 bits per heavy atom. The summed E-state index contributed by atoms with van der Waals surface area (Å²) in [6, 6.07) is 13.6. The normalized spacial score (nSPS) is 15.8. The van der Waals surface area contributed by atoms with Gasteiger partial charge in [-0.1, -0.05) is 46.8 Å². The Labute approximate surface area is 173 Å². The molecule has 0 radical (unpaired) electrons. The maximum atomic E-state index is 13.2. The molecule has 0 aromatic heterocycles. The molecule has 1 aliphatic heterocycles. The lowest BCUT2D eigenvalue weighted by Gasteiger charge is -2.22. The van der Waals surface area contributed by atoms with Crippen LogP contribution in [-0.2, 0) is 5.41 Å². The fourth-order valence-corrected chi connectivity index (χ4v) is 3.56. The Hall–Kier alpha value is -2.82. The monoisotopic (exact) mass is 394 g/mol. The highest BCUT2D eigenvalue weighted by Gasteiger charge is 2.38. The number of carbonyl (C=O) groups excluding carboxylic acids is 1. The van der Waals surface area contributed by atoms with Crippen molar-refractivity contribution in [3.8, 4) is 11.5 Å². The van der Waals surface area contributed by atoms with E-state index in [2.05, 4.69) is 40.7 Å². The van der Waals surface area contributed by atoms with Gasteiger partial charge in [-0.3, -0.25) is 4.79 Å². The predicted octanol–water partition coefficient (Wildman–Crippen LogP) is 4.89. The van der Waals surface area contributed by atoms with E-state index in [1.54, 1.807) is 19.2 Å². The fourth-order valence-electron chi connectivity index (χ4n) is 3.56. The van der Waals surface area contributed by atoms with E-state index in [1.807, 2.05) is 36.4 Å². The highest BCUT2D eigenvalue weighted by atomic mass is 16.5. The smallest absolute Gasteiger partial charge is 0.274 e. The van der Waals surface area contributed by atoms with Crippen LogP contribution in [0.3, 0.4) is 0 Å². The van der Waals surface area contributed by atoms with Crippen LogP contribution in [0.4, 0.5) is 0 Å². The topological polar surface area (TPSA) is 51.1 Å². The molecule has 0 bridgehead atoms. The van der Waals surface area contributed by atoms with Crippen LogP contribution in [0.15, 0.2) is 47.6 Å². The number of nitrogens with zero attached hydrogens (tertiary/aromatic N) is 2. The van der Waals surface area contributed by atoms with Crippen LogP contribution in [0.1, 0.15) is 56.1 Å². The summed E-state index contributed by atoms with van der Waals surface area (Å²) in [6.07, 6.45) is 0. The molecule has 5 nitrogen and oxygen atoms in total. The van der Waals surface area contributed by atoms with Crippen molar-refractivity contribution in [2.24, 2.45) is 10.5 Å². The first kappa shape index (κ1) is 20.9. The highest BCUT2D eigenvalue weighted by molar-refractivity contribution is 6.08. The first-order chi connectivity index (χ1) is 13.6. The minimum Gasteiger partial charge on any atom is -0.493 e. The van der Waals surface area contributed by atoms with Gasteiger partial charge in [0.1, 0.15) is 0 Å². The number of amides is 1. The summed E-state index contributed by atoms with van der Waals surface area (Å²) >= 11 is 0. The molecule has 5 heteroatoms. The summed E-state index contributed by atoms with van der Waals surface area (Å²) in [7, 11) is 3.22. The predicted molar refractivity (Wildman–Crippen MR) is 116 cm³/mol. The summed E-state index contributed by atoms with van der Waals surface area (Å²) in [6.45, 7) is 11.1. The van der Waals surface area contributed by atoms with Crippen LogP contribution in [0.2, 0.25) is 0 Å². The van der Waals surface area contributed by atoms with Gasteiger partial charge in [0, 0.05) is 16.5 Å². The van der Waals surface area contributed by atoms with Crippen molar-refractivity contribution < 1.29 is 14.3 Å². The number of hydrogen-bond donors (Lipinski definition) is 0. The Morgan fingerprint density at radius 1 is 1.03 bits per heavy atom. The largest absolute Gasteiger partial charge is 0.493 e. The Morgan fingerprint density at radius 3 is 2.34 bits per heavy atom. The maximum absolute atomic E-state index is 13.2. The lowest BCUT2D eigenvalue weighted by Crippen LogP contribution is -2.31. The fraction of sp³-hybridized carbons (Fsp3) is 0.417. The van der Waals surface area contributed by atoms with Crippen molar-refractivity contribution in [2.75, 3.05) is 20.8 Å². The van der Waals surface area contributed by atoms with Crippen molar-refractivity contribution in [3.63, 3.8) is 0 Å². The number of benzene rings is 2. The molecule has 0 N–H and O–H groups in total. The number of ether oxygens (including phenoxy) is 2. The minimum atomic E-state index is -0.281. The molecule has 0 saturated carbocycles. The lowest BCUT2D eigenvalue weighted by atomic mass is 9.84. The van der Waals surface area contributed by atoms with Gasteiger partial charge in [0.15, 0.2) is 11.5 Å². The van der Waals surface area contributed by atoms with Gasteiger partial charge in [-0.05, 0) is 41.3 Å². The zero-order chi connectivity index (χ0) is 21.4. The van der Waals surface area contributed by atoms with Gasteiger partial charge in [-0.25, -0.2) is 5.01 Å². The van der Waals surface area contributed by atoms with Gasteiger partial charge in [0.2, 0.25) is 0 Å². The van der Waals surface area contributed by atoms with Gasteiger partial charge in [-0.15, -0.1) is 0 Å². The molecule has 0 fully saturated rings. The first-order valence-electron chi connectivity index (χ1n) is 9.81. The van der Waals surface area contributed by atoms with Crippen molar-refractivity contribution in [1.29, 1.82) is 0 Å². The van der Waals surface area contributed by atoms with E-state index in [4.69, 9.17) is 14.6 Å². The summed E-state index contributed by atoms with van der Waals surface area (Å²) < 4.78 is 10.8. The molecule has 0 unspecified atom stereocenters. The van der Waals surface area contributed by atoms with E-state index < -0.39 is 0 Å².